The lowest BCUT2D eigenvalue weighted by molar-refractivity contribution is 0.102. The van der Waals surface area contributed by atoms with E-state index in [-0.39, 0.29) is 11.6 Å². The Labute approximate surface area is 144 Å². The Morgan fingerprint density at radius 1 is 0.917 bits per heavy atom. The molecule has 2 N–H and O–H groups in total. The SMILES string of the molecule is Cc1ccc(Nc2cnc(C(=O)Nc3ccc(Cl)cc3)cn2)cc1. The summed E-state index contributed by atoms with van der Waals surface area (Å²) in [6.45, 7) is 2.03. The van der Waals surface area contributed by atoms with Crippen LogP contribution in [0.5, 0.6) is 0 Å². The zero-order valence-corrected chi connectivity index (χ0v) is 13.7. The van der Waals surface area contributed by atoms with Crippen LogP contribution in [0.3, 0.4) is 0 Å². The van der Waals surface area contributed by atoms with Crippen LogP contribution in [0.25, 0.3) is 0 Å². The van der Waals surface area contributed by atoms with Crippen LogP contribution in [0.1, 0.15) is 16.1 Å². The van der Waals surface area contributed by atoms with E-state index in [1.165, 1.54) is 18.0 Å². The van der Waals surface area contributed by atoms with E-state index in [2.05, 4.69) is 20.6 Å². The van der Waals surface area contributed by atoms with Gasteiger partial charge in [-0.2, -0.15) is 0 Å². The first-order valence-corrected chi connectivity index (χ1v) is 7.70. The van der Waals surface area contributed by atoms with Crippen LogP contribution in [0.4, 0.5) is 17.2 Å². The lowest BCUT2D eigenvalue weighted by Gasteiger charge is -2.07. The largest absolute Gasteiger partial charge is 0.339 e. The van der Waals surface area contributed by atoms with Gasteiger partial charge in [-0.1, -0.05) is 29.3 Å². The summed E-state index contributed by atoms with van der Waals surface area (Å²) >= 11 is 5.82. The van der Waals surface area contributed by atoms with E-state index < -0.39 is 0 Å². The van der Waals surface area contributed by atoms with E-state index in [9.17, 15) is 4.79 Å². The molecule has 0 aliphatic carbocycles. The molecule has 0 aliphatic rings. The number of nitrogens with zero attached hydrogens (tertiary/aromatic N) is 2. The molecule has 0 saturated heterocycles. The third-order valence-corrected chi connectivity index (χ3v) is 3.56. The highest BCUT2D eigenvalue weighted by molar-refractivity contribution is 6.30. The molecule has 3 rings (SSSR count). The molecule has 1 amide bonds. The summed E-state index contributed by atoms with van der Waals surface area (Å²) in [6, 6.07) is 14.8. The number of aromatic nitrogens is 2. The quantitative estimate of drug-likeness (QED) is 0.738. The number of anilines is 3. The van der Waals surface area contributed by atoms with Crippen LogP contribution in [0.15, 0.2) is 60.9 Å². The highest BCUT2D eigenvalue weighted by Gasteiger charge is 2.08. The van der Waals surface area contributed by atoms with Gasteiger partial charge in [0.1, 0.15) is 11.5 Å². The standard InChI is InChI=1S/C18H15ClN4O/c1-12-2-6-14(7-3-12)22-17-11-20-16(10-21-17)18(24)23-15-8-4-13(19)5-9-15/h2-11H,1H3,(H,21,22)(H,23,24). The van der Waals surface area contributed by atoms with E-state index in [0.29, 0.717) is 16.5 Å². The van der Waals surface area contributed by atoms with Crippen molar-refractivity contribution in [3.63, 3.8) is 0 Å². The molecule has 0 fully saturated rings. The number of benzene rings is 2. The number of hydrogen-bond acceptors (Lipinski definition) is 4. The first kappa shape index (κ1) is 16.0. The second-order valence-corrected chi connectivity index (χ2v) is 5.68. The molecule has 0 unspecified atom stereocenters. The fourth-order valence-corrected chi connectivity index (χ4v) is 2.15. The van der Waals surface area contributed by atoms with Gasteiger partial charge in [0.25, 0.3) is 5.91 Å². The average molecular weight is 339 g/mol. The number of carbonyl (C=O) groups excluding carboxylic acids is 1. The summed E-state index contributed by atoms with van der Waals surface area (Å²) in [6.07, 6.45) is 2.96. The molecule has 120 valence electrons. The Balaban J connectivity index is 1.66. The van der Waals surface area contributed by atoms with Gasteiger partial charge in [0.15, 0.2) is 0 Å². The average Bonchev–Trinajstić information content (AvgIpc) is 2.59. The minimum Gasteiger partial charge on any atom is -0.339 e. The maximum atomic E-state index is 12.1. The van der Waals surface area contributed by atoms with E-state index in [4.69, 9.17) is 11.6 Å². The van der Waals surface area contributed by atoms with Crippen molar-refractivity contribution in [3.8, 4) is 0 Å². The summed E-state index contributed by atoms with van der Waals surface area (Å²) in [5.41, 5.74) is 2.97. The third kappa shape index (κ3) is 4.08. The lowest BCUT2D eigenvalue weighted by Crippen LogP contribution is -2.14. The molecule has 0 saturated carbocycles. The lowest BCUT2D eigenvalue weighted by atomic mass is 10.2. The molecule has 5 nitrogen and oxygen atoms in total. The van der Waals surface area contributed by atoms with Gasteiger partial charge in [-0.05, 0) is 43.3 Å². The second-order valence-electron chi connectivity index (χ2n) is 5.24. The molecular weight excluding hydrogens is 324 g/mol. The molecule has 0 spiro atoms. The maximum Gasteiger partial charge on any atom is 0.275 e. The minimum atomic E-state index is -0.327. The molecule has 3 aromatic rings. The molecule has 24 heavy (non-hydrogen) atoms. The summed E-state index contributed by atoms with van der Waals surface area (Å²) in [7, 11) is 0. The van der Waals surface area contributed by atoms with Crippen LogP contribution in [0.2, 0.25) is 5.02 Å². The molecular formula is C18H15ClN4O. The number of rotatable bonds is 4. The molecule has 0 bridgehead atoms. The van der Waals surface area contributed by atoms with Crippen molar-refractivity contribution in [1.29, 1.82) is 0 Å². The van der Waals surface area contributed by atoms with Crippen LogP contribution in [-0.2, 0) is 0 Å². The molecule has 6 heteroatoms. The van der Waals surface area contributed by atoms with Crippen LogP contribution in [-0.4, -0.2) is 15.9 Å². The Morgan fingerprint density at radius 3 is 2.21 bits per heavy atom. The first-order valence-electron chi connectivity index (χ1n) is 7.33. The van der Waals surface area contributed by atoms with Gasteiger partial charge in [-0.25, -0.2) is 9.97 Å². The monoisotopic (exact) mass is 338 g/mol. The number of aryl methyl sites for hydroxylation is 1. The molecule has 0 atom stereocenters. The highest BCUT2D eigenvalue weighted by atomic mass is 35.5. The van der Waals surface area contributed by atoms with E-state index in [0.717, 1.165) is 5.69 Å². The Hall–Kier alpha value is -2.92. The molecule has 0 radical (unpaired) electrons. The Morgan fingerprint density at radius 2 is 1.58 bits per heavy atom. The number of nitrogens with one attached hydrogen (secondary N) is 2. The third-order valence-electron chi connectivity index (χ3n) is 3.31. The van der Waals surface area contributed by atoms with E-state index >= 15 is 0 Å². The van der Waals surface area contributed by atoms with Crippen LogP contribution >= 0.6 is 11.6 Å². The summed E-state index contributed by atoms with van der Waals surface area (Å²) in [5, 5.41) is 6.48. The number of hydrogen-bond donors (Lipinski definition) is 2. The smallest absolute Gasteiger partial charge is 0.275 e. The number of halogens is 1. The fraction of sp³-hybridized carbons (Fsp3) is 0.0556. The predicted molar refractivity (Wildman–Crippen MR) is 95.9 cm³/mol. The van der Waals surface area contributed by atoms with Crippen molar-refractivity contribution >= 4 is 34.7 Å². The summed E-state index contributed by atoms with van der Waals surface area (Å²) in [5.74, 6) is 0.244. The van der Waals surface area contributed by atoms with Crippen molar-refractivity contribution in [3.05, 3.63) is 77.2 Å². The fourth-order valence-electron chi connectivity index (χ4n) is 2.02. The Kier molecular flexibility index (Phi) is 4.72. The topological polar surface area (TPSA) is 66.9 Å². The number of amides is 1. The van der Waals surface area contributed by atoms with Gasteiger partial charge in [-0.3, -0.25) is 4.79 Å². The predicted octanol–water partition coefficient (Wildman–Crippen LogP) is 4.43. The van der Waals surface area contributed by atoms with Crippen molar-refractivity contribution in [1.82, 2.24) is 9.97 Å². The summed E-state index contributed by atoms with van der Waals surface area (Å²) < 4.78 is 0. The second kappa shape index (κ2) is 7.10. The zero-order valence-electron chi connectivity index (χ0n) is 13.0. The van der Waals surface area contributed by atoms with Gasteiger partial charge < -0.3 is 10.6 Å². The van der Waals surface area contributed by atoms with Crippen LogP contribution < -0.4 is 10.6 Å². The van der Waals surface area contributed by atoms with Gasteiger partial charge in [-0.15, -0.1) is 0 Å². The van der Waals surface area contributed by atoms with Crippen molar-refractivity contribution < 1.29 is 4.79 Å². The Bertz CT molecular complexity index is 830. The molecule has 0 aliphatic heterocycles. The number of carbonyl (C=O) groups is 1. The first-order chi connectivity index (χ1) is 11.6. The van der Waals surface area contributed by atoms with E-state index in [1.807, 2.05) is 31.2 Å². The van der Waals surface area contributed by atoms with Crippen molar-refractivity contribution in [2.45, 2.75) is 6.92 Å². The normalized spacial score (nSPS) is 10.2. The van der Waals surface area contributed by atoms with Gasteiger partial charge in [0, 0.05) is 16.4 Å². The molecule has 1 aromatic heterocycles. The van der Waals surface area contributed by atoms with Gasteiger partial charge in [0.05, 0.1) is 12.4 Å². The van der Waals surface area contributed by atoms with Gasteiger partial charge in [0.2, 0.25) is 0 Å². The summed E-state index contributed by atoms with van der Waals surface area (Å²) in [4.78, 5) is 20.5. The van der Waals surface area contributed by atoms with E-state index in [1.54, 1.807) is 24.3 Å². The maximum absolute atomic E-state index is 12.1. The molecule has 2 aromatic carbocycles. The van der Waals surface area contributed by atoms with Crippen LogP contribution in [0, 0.1) is 6.92 Å². The van der Waals surface area contributed by atoms with Crippen molar-refractivity contribution in [2.75, 3.05) is 10.6 Å². The highest BCUT2D eigenvalue weighted by Crippen LogP contribution is 2.16. The zero-order chi connectivity index (χ0) is 16.9. The van der Waals surface area contributed by atoms with Crippen molar-refractivity contribution in [2.24, 2.45) is 0 Å². The minimum absolute atomic E-state index is 0.236. The molecule has 1 heterocycles. The van der Waals surface area contributed by atoms with Gasteiger partial charge >= 0.3 is 0 Å².